The van der Waals surface area contributed by atoms with Gasteiger partial charge in [-0.15, -0.1) is 0 Å². The molecule has 2 aliphatic rings. The van der Waals surface area contributed by atoms with E-state index in [4.69, 9.17) is 9.47 Å². The molecule has 0 unspecified atom stereocenters. The van der Waals surface area contributed by atoms with E-state index in [0.29, 0.717) is 0 Å². The number of hydrogen-bond acceptors (Lipinski definition) is 12. The van der Waals surface area contributed by atoms with Crippen LogP contribution in [0, 0.1) is 0 Å². The molecule has 1 fully saturated rings. The Bertz CT molecular complexity index is 1060. The van der Waals surface area contributed by atoms with Gasteiger partial charge in [-0.25, -0.2) is 0 Å². The molecule has 1 saturated heterocycles. The van der Waals surface area contributed by atoms with Crippen molar-refractivity contribution < 1.29 is 60.5 Å². The minimum atomic E-state index is -1.84. The number of fused-ring (bicyclic) bond motifs is 2. The molecule has 33 heavy (non-hydrogen) atoms. The highest BCUT2D eigenvalue weighted by atomic mass is 16.5. The van der Waals surface area contributed by atoms with Crippen LogP contribution in [0.25, 0.3) is 0 Å². The van der Waals surface area contributed by atoms with Gasteiger partial charge in [-0.05, 0) is 6.07 Å². The van der Waals surface area contributed by atoms with Crippen molar-refractivity contribution >= 4 is 0 Å². The number of phenols is 4. The summed E-state index contributed by atoms with van der Waals surface area (Å²) >= 11 is 0. The third-order valence-corrected chi connectivity index (χ3v) is 6.29. The Balaban J connectivity index is 1.94. The smallest absolute Gasteiger partial charge is 0.161 e. The van der Waals surface area contributed by atoms with Gasteiger partial charge in [-0.2, -0.15) is 0 Å². The van der Waals surface area contributed by atoms with E-state index < -0.39 is 84.3 Å². The van der Waals surface area contributed by atoms with Gasteiger partial charge in [0.05, 0.1) is 36.4 Å². The van der Waals surface area contributed by atoms with Crippen molar-refractivity contribution in [3.05, 3.63) is 34.9 Å². The summed E-state index contributed by atoms with van der Waals surface area (Å²) in [6.07, 6.45) is -8.28. The zero-order chi connectivity index (χ0) is 24.2. The molecule has 0 spiro atoms. The Labute approximate surface area is 186 Å². The maximum atomic E-state index is 11.2. The number of benzene rings is 2. The Morgan fingerprint density at radius 3 is 1.97 bits per heavy atom. The number of aromatic hydroxyl groups is 4. The highest BCUT2D eigenvalue weighted by Gasteiger charge is 2.50. The van der Waals surface area contributed by atoms with Crippen molar-refractivity contribution in [3.8, 4) is 34.5 Å². The van der Waals surface area contributed by atoms with Crippen LogP contribution >= 0.6 is 0 Å². The van der Waals surface area contributed by atoms with Gasteiger partial charge < -0.3 is 60.5 Å². The molecule has 0 bridgehead atoms. The van der Waals surface area contributed by atoms with Crippen molar-refractivity contribution in [3.63, 3.8) is 0 Å². The highest BCUT2D eigenvalue weighted by Crippen LogP contribution is 2.57. The van der Waals surface area contributed by atoms with E-state index in [1.165, 1.54) is 0 Å². The van der Waals surface area contributed by atoms with Crippen LogP contribution in [0.15, 0.2) is 18.2 Å². The number of hydrogen-bond donors (Lipinski definition) is 10. The molecule has 2 aliphatic heterocycles. The van der Waals surface area contributed by atoms with Crippen LogP contribution in [0.4, 0.5) is 0 Å². The van der Waals surface area contributed by atoms with Crippen LogP contribution in [-0.4, -0.2) is 95.3 Å². The standard InChI is InChI=1S/C21H24O12/c22-4-13-16(28)18(30)19(31)20(33-13)14-10(27)3-12-15(17(14)29)21(5-23,6-24)7-1-8(25)9(26)2-11(7)32-12/h1-3,13,16,18-20,22-31H,4-6H2/t13-,16-,18+,19-,20+/m1/s1. The monoisotopic (exact) mass is 468 g/mol. The second-order valence-electron chi connectivity index (χ2n) is 8.12. The summed E-state index contributed by atoms with van der Waals surface area (Å²) in [5.74, 6) is -2.84. The SMILES string of the molecule is OC[C@H]1O[C@@H](c2c(O)cc3c(c2O)C(CO)(CO)c2cc(O)c(O)cc2O3)[C@H](O)[C@@H](O)[C@@H]1O. The summed E-state index contributed by atoms with van der Waals surface area (Å²) in [5.41, 5.74) is -2.47. The number of aliphatic hydroxyl groups excluding tert-OH is 6. The summed E-state index contributed by atoms with van der Waals surface area (Å²) in [7, 11) is 0. The summed E-state index contributed by atoms with van der Waals surface area (Å²) < 4.78 is 11.1. The van der Waals surface area contributed by atoms with Gasteiger partial charge in [0.2, 0.25) is 0 Å². The van der Waals surface area contributed by atoms with Gasteiger partial charge in [0.25, 0.3) is 0 Å². The molecule has 12 nitrogen and oxygen atoms in total. The van der Waals surface area contributed by atoms with E-state index in [2.05, 4.69) is 0 Å². The Kier molecular flexibility index (Phi) is 5.78. The molecule has 5 atom stereocenters. The van der Waals surface area contributed by atoms with Gasteiger partial charge in [0.1, 0.15) is 53.5 Å². The van der Waals surface area contributed by atoms with Crippen LogP contribution < -0.4 is 4.74 Å². The van der Waals surface area contributed by atoms with Crippen molar-refractivity contribution in [2.75, 3.05) is 19.8 Å². The molecule has 2 heterocycles. The lowest BCUT2D eigenvalue weighted by atomic mass is 9.71. The first-order valence-corrected chi connectivity index (χ1v) is 9.97. The van der Waals surface area contributed by atoms with E-state index in [0.717, 1.165) is 18.2 Å². The third-order valence-electron chi connectivity index (χ3n) is 6.29. The summed E-state index contributed by atoms with van der Waals surface area (Å²) in [4.78, 5) is 0. The minimum absolute atomic E-state index is 0.0102. The highest BCUT2D eigenvalue weighted by molar-refractivity contribution is 5.69. The molecule has 2 aromatic carbocycles. The number of rotatable bonds is 4. The normalized spacial score (nSPS) is 28.0. The van der Waals surface area contributed by atoms with Crippen LogP contribution in [0.1, 0.15) is 22.8 Å². The van der Waals surface area contributed by atoms with E-state index in [9.17, 15) is 51.1 Å². The quantitative estimate of drug-likeness (QED) is 0.229. The van der Waals surface area contributed by atoms with E-state index >= 15 is 0 Å². The summed E-state index contributed by atoms with van der Waals surface area (Å²) in [6.45, 7) is -2.38. The predicted molar refractivity (Wildman–Crippen MR) is 107 cm³/mol. The minimum Gasteiger partial charge on any atom is -0.507 e. The first-order chi connectivity index (χ1) is 15.6. The lowest BCUT2D eigenvalue weighted by Gasteiger charge is -2.42. The van der Waals surface area contributed by atoms with Gasteiger partial charge in [0.15, 0.2) is 11.5 Å². The number of ether oxygens (including phenoxy) is 2. The molecule has 0 aromatic heterocycles. The molecule has 180 valence electrons. The fraction of sp³-hybridized carbons (Fsp3) is 0.429. The number of phenolic OH excluding ortho intramolecular Hbond substituents is 4. The lowest BCUT2D eigenvalue weighted by molar-refractivity contribution is -0.232. The molecule has 2 aromatic rings. The van der Waals surface area contributed by atoms with E-state index in [-0.39, 0.29) is 22.6 Å². The van der Waals surface area contributed by atoms with Crippen molar-refractivity contribution in [2.24, 2.45) is 0 Å². The van der Waals surface area contributed by atoms with Gasteiger partial charge >= 0.3 is 0 Å². The first-order valence-electron chi connectivity index (χ1n) is 9.97. The van der Waals surface area contributed by atoms with E-state index in [1.54, 1.807) is 0 Å². The third kappa shape index (κ3) is 3.27. The Morgan fingerprint density at radius 2 is 1.36 bits per heavy atom. The molecule has 0 radical (unpaired) electrons. The van der Waals surface area contributed by atoms with Gasteiger partial charge in [0, 0.05) is 17.7 Å². The first kappa shape index (κ1) is 23.3. The van der Waals surface area contributed by atoms with Crippen molar-refractivity contribution in [1.29, 1.82) is 0 Å². The van der Waals surface area contributed by atoms with Crippen molar-refractivity contribution in [2.45, 2.75) is 35.9 Å². The zero-order valence-corrected chi connectivity index (χ0v) is 17.0. The largest absolute Gasteiger partial charge is 0.507 e. The molecule has 0 amide bonds. The van der Waals surface area contributed by atoms with Crippen LogP contribution in [-0.2, 0) is 10.2 Å². The predicted octanol–water partition coefficient (Wildman–Crippen LogP) is -1.60. The Hall–Kier alpha value is -2.84. The second kappa shape index (κ2) is 8.18. The maximum Gasteiger partial charge on any atom is 0.161 e. The van der Waals surface area contributed by atoms with Crippen LogP contribution in [0.5, 0.6) is 34.5 Å². The molecule has 4 rings (SSSR count). The van der Waals surface area contributed by atoms with E-state index in [1.807, 2.05) is 0 Å². The van der Waals surface area contributed by atoms with Crippen LogP contribution in [0.3, 0.4) is 0 Å². The van der Waals surface area contributed by atoms with Gasteiger partial charge in [-0.1, -0.05) is 0 Å². The zero-order valence-electron chi connectivity index (χ0n) is 17.0. The fourth-order valence-corrected chi connectivity index (χ4v) is 4.46. The molecule has 0 aliphatic carbocycles. The summed E-state index contributed by atoms with van der Waals surface area (Å²) in [5, 5.41) is 102. The van der Waals surface area contributed by atoms with Crippen molar-refractivity contribution in [1.82, 2.24) is 0 Å². The molecule has 0 saturated carbocycles. The maximum absolute atomic E-state index is 11.2. The molecule has 10 N–H and O–H groups in total. The van der Waals surface area contributed by atoms with Crippen LogP contribution in [0.2, 0.25) is 0 Å². The average molecular weight is 468 g/mol. The summed E-state index contributed by atoms with van der Waals surface area (Å²) in [6, 6.07) is 3.09. The second-order valence-corrected chi connectivity index (χ2v) is 8.12. The van der Waals surface area contributed by atoms with Gasteiger partial charge in [-0.3, -0.25) is 0 Å². The molecular weight excluding hydrogens is 444 g/mol. The average Bonchev–Trinajstić information content (AvgIpc) is 2.78. The molecular formula is C21H24O12. The Morgan fingerprint density at radius 1 is 0.758 bits per heavy atom. The lowest BCUT2D eigenvalue weighted by Crippen LogP contribution is -2.55. The number of aliphatic hydroxyl groups is 6. The molecule has 12 heteroatoms. The fourth-order valence-electron chi connectivity index (χ4n) is 4.46. The topological polar surface area (TPSA) is 221 Å².